The number of phenols is 1. The van der Waals surface area contributed by atoms with E-state index < -0.39 is 17.8 Å². The molecular formula is C26H24BrNO6. The number of carbonyl (C=O) groups is 4. The second kappa shape index (κ2) is 8.05. The highest BCUT2D eigenvalue weighted by atomic mass is 79.9. The highest BCUT2D eigenvalue weighted by Gasteiger charge is 2.55. The van der Waals surface area contributed by atoms with Crippen LogP contribution in [0, 0.1) is 17.8 Å². The minimum Gasteiger partial charge on any atom is -0.503 e. The van der Waals surface area contributed by atoms with Crippen LogP contribution in [0.25, 0.3) is 0 Å². The quantitative estimate of drug-likeness (QED) is 0.367. The van der Waals surface area contributed by atoms with Gasteiger partial charge in [0.1, 0.15) is 0 Å². The zero-order valence-corrected chi connectivity index (χ0v) is 20.6. The predicted octanol–water partition coefficient (Wildman–Crippen LogP) is 3.61. The number of methoxy groups -OCH3 is 1. The highest BCUT2D eigenvalue weighted by Crippen LogP contribution is 2.55. The standard InChI is InChI=1S/C26H24BrNO6/c1-4-28-25(32)14-6-5-13-15(21(14)26(28)33)10-16-22(18(29)7-11(2)23(16)30)20(13)12-8-17(27)24(31)19(9-12)34-3/h5,7-9,14-15,20-21,31H,4,6,10H2,1-3H3. The van der Waals surface area contributed by atoms with Gasteiger partial charge in [-0.25, -0.2) is 0 Å². The van der Waals surface area contributed by atoms with E-state index in [4.69, 9.17) is 4.74 Å². The lowest BCUT2D eigenvalue weighted by Crippen LogP contribution is -2.39. The fourth-order valence-corrected chi connectivity index (χ4v) is 6.51. The number of carbonyl (C=O) groups excluding carboxylic acids is 4. The number of likely N-dealkylation sites (tertiary alicyclic amines) is 1. The number of phenolic OH excluding ortho intramolecular Hbond substituents is 1. The van der Waals surface area contributed by atoms with Crippen LogP contribution < -0.4 is 4.74 Å². The molecular weight excluding hydrogens is 502 g/mol. The second-order valence-corrected chi connectivity index (χ2v) is 10.1. The number of rotatable bonds is 3. The molecule has 1 aromatic carbocycles. The van der Waals surface area contributed by atoms with Crippen molar-refractivity contribution in [3.63, 3.8) is 0 Å². The van der Waals surface area contributed by atoms with Crippen molar-refractivity contribution in [3.05, 3.63) is 56.6 Å². The topological polar surface area (TPSA) is 101 Å². The third kappa shape index (κ3) is 3.07. The Morgan fingerprint density at radius 2 is 1.88 bits per heavy atom. The molecule has 0 saturated carbocycles. The third-order valence-corrected chi connectivity index (χ3v) is 8.18. The summed E-state index contributed by atoms with van der Waals surface area (Å²) >= 11 is 3.36. The number of hydrogen-bond donors (Lipinski definition) is 1. The Balaban J connectivity index is 1.73. The number of hydrogen-bond acceptors (Lipinski definition) is 6. The van der Waals surface area contributed by atoms with Gasteiger partial charge in [-0.05, 0) is 72.3 Å². The molecule has 1 N–H and O–H groups in total. The molecule has 5 rings (SSSR count). The molecule has 8 heteroatoms. The number of ketones is 2. The van der Waals surface area contributed by atoms with E-state index in [1.54, 1.807) is 26.0 Å². The number of benzene rings is 1. The van der Waals surface area contributed by atoms with Crippen LogP contribution in [0.1, 0.15) is 38.2 Å². The lowest BCUT2D eigenvalue weighted by atomic mass is 9.59. The number of nitrogens with zero attached hydrogens (tertiary/aromatic N) is 1. The molecule has 1 saturated heterocycles. The van der Waals surface area contributed by atoms with Gasteiger partial charge in [0.2, 0.25) is 11.8 Å². The fourth-order valence-electron chi connectivity index (χ4n) is 6.05. The van der Waals surface area contributed by atoms with Crippen molar-refractivity contribution in [2.45, 2.75) is 32.6 Å². The number of amides is 2. The van der Waals surface area contributed by atoms with Crippen molar-refractivity contribution >= 4 is 39.3 Å². The first-order valence-electron chi connectivity index (χ1n) is 11.3. The fraction of sp³-hybridized carbons (Fsp3) is 0.385. The van der Waals surface area contributed by atoms with E-state index in [2.05, 4.69) is 15.9 Å². The molecule has 4 aliphatic rings. The van der Waals surface area contributed by atoms with Gasteiger partial charge < -0.3 is 9.84 Å². The van der Waals surface area contributed by atoms with E-state index in [9.17, 15) is 24.3 Å². The van der Waals surface area contributed by atoms with Gasteiger partial charge in [0.15, 0.2) is 23.1 Å². The molecule has 4 atom stereocenters. The van der Waals surface area contributed by atoms with E-state index in [0.717, 1.165) is 5.57 Å². The first kappa shape index (κ1) is 22.8. The van der Waals surface area contributed by atoms with Gasteiger partial charge in [0, 0.05) is 29.2 Å². The first-order chi connectivity index (χ1) is 16.2. The Bertz CT molecular complexity index is 1270. The zero-order chi connectivity index (χ0) is 24.5. The molecule has 0 spiro atoms. The number of Topliss-reactive ketones (excluding diaryl/α,β-unsaturated/α-hetero) is 1. The van der Waals surface area contributed by atoms with Crippen molar-refractivity contribution < 1.29 is 29.0 Å². The Morgan fingerprint density at radius 3 is 2.56 bits per heavy atom. The van der Waals surface area contributed by atoms with Gasteiger partial charge in [-0.1, -0.05) is 11.6 Å². The van der Waals surface area contributed by atoms with Crippen LogP contribution in [-0.2, 0) is 19.2 Å². The minimum atomic E-state index is -0.583. The Hall–Kier alpha value is -3.00. The first-order valence-corrected chi connectivity index (χ1v) is 12.1. The van der Waals surface area contributed by atoms with Crippen LogP contribution in [0.15, 0.2) is 51.0 Å². The minimum absolute atomic E-state index is 0.0672. The van der Waals surface area contributed by atoms with Crippen molar-refractivity contribution in [2.24, 2.45) is 17.8 Å². The van der Waals surface area contributed by atoms with E-state index in [1.165, 1.54) is 18.1 Å². The van der Waals surface area contributed by atoms with Crippen LogP contribution in [0.3, 0.4) is 0 Å². The van der Waals surface area contributed by atoms with Gasteiger partial charge in [0.05, 0.1) is 23.4 Å². The summed E-state index contributed by atoms with van der Waals surface area (Å²) in [5, 5.41) is 10.3. The summed E-state index contributed by atoms with van der Waals surface area (Å²) in [6, 6.07) is 3.37. The summed E-state index contributed by atoms with van der Waals surface area (Å²) in [6.07, 6.45) is 4.00. The summed E-state index contributed by atoms with van der Waals surface area (Å²) in [6.45, 7) is 3.71. The van der Waals surface area contributed by atoms with E-state index in [-0.39, 0.29) is 47.2 Å². The van der Waals surface area contributed by atoms with Crippen molar-refractivity contribution in [3.8, 4) is 11.5 Å². The number of halogens is 1. The van der Waals surface area contributed by atoms with E-state index in [0.29, 0.717) is 39.7 Å². The van der Waals surface area contributed by atoms with Gasteiger partial charge in [0.25, 0.3) is 0 Å². The number of imide groups is 1. The average Bonchev–Trinajstić information content (AvgIpc) is 3.07. The molecule has 0 aromatic heterocycles. The van der Waals surface area contributed by atoms with E-state index in [1.807, 2.05) is 6.08 Å². The summed E-state index contributed by atoms with van der Waals surface area (Å²) in [7, 11) is 1.44. The number of aromatic hydroxyl groups is 1. The number of ether oxygens (including phenoxy) is 1. The number of allylic oxidation sites excluding steroid dienone is 6. The SMILES string of the molecule is CCN1C(=O)C2CC=C3C(c4cc(Br)c(O)c(OC)c4)C4=C(CC3C2C1=O)C(=O)C(C)=CC4=O. The van der Waals surface area contributed by atoms with Crippen molar-refractivity contribution in [1.82, 2.24) is 4.90 Å². The molecule has 0 bridgehead atoms. The molecule has 7 nitrogen and oxygen atoms in total. The van der Waals surface area contributed by atoms with Crippen molar-refractivity contribution in [2.75, 3.05) is 13.7 Å². The smallest absolute Gasteiger partial charge is 0.233 e. The van der Waals surface area contributed by atoms with Crippen LogP contribution in [-0.4, -0.2) is 47.0 Å². The molecule has 3 aliphatic carbocycles. The van der Waals surface area contributed by atoms with Crippen LogP contribution in [0.4, 0.5) is 0 Å². The Morgan fingerprint density at radius 1 is 1.15 bits per heavy atom. The summed E-state index contributed by atoms with van der Waals surface area (Å²) < 4.78 is 5.73. The van der Waals surface area contributed by atoms with Crippen molar-refractivity contribution in [1.29, 1.82) is 0 Å². The summed E-state index contributed by atoms with van der Waals surface area (Å²) in [5.74, 6) is -2.59. The molecule has 0 radical (unpaired) electrons. The molecule has 1 fully saturated rings. The lowest BCUT2D eigenvalue weighted by Gasteiger charge is -2.42. The molecule has 1 heterocycles. The molecule has 34 heavy (non-hydrogen) atoms. The second-order valence-electron chi connectivity index (χ2n) is 9.20. The average molecular weight is 526 g/mol. The maximum atomic E-state index is 13.3. The van der Waals surface area contributed by atoms with Gasteiger partial charge in [-0.2, -0.15) is 0 Å². The molecule has 4 unspecified atom stereocenters. The maximum absolute atomic E-state index is 13.3. The van der Waals surface area contributed by atoms with Crippen LogP contribution >= 0.6 is 15.9 Å². The van der Waals surface area contributed by atoms with Gasteiger partial charge in [-0.15, -0.1) is 0 Å². The third-order valence-electron chi connectivity index (χ3n) is 7.57. The predicted molar refractivity (Wildman–Crippen MR) is 126 cm³/mol. The molecule has 1 aromatic rings. The van der Waals surface area contributed by atoms with Crippen LogP contribution in [0.2, 0.25) is 0 Å². The van der Waals surface area contributed by atoms with Gasteiger partial charge >= 0.3 is 0 Å². The highest BCUT2D eigenvalue weighted by molar-refractivity contribution is 9.10. The lowest BCUT2D eigenvalue weighted by molar-refractivity contribution is -0.139. The molecule has 1 aliphatic heterocycles. The Labute approximate surface area is 205 Å². The monoisotopic (exact) mass is 525 g/mol. The molecule has 176 valence electrons. The summed E-state index contributed by atoms with van der Waals surface area (Å²) in [5.41, 5.74) is 2.72. The summed E-state index contributed by atoms with van der Waals surface area (Å²) in [4.78, 5) is 54.0. The molecule has 2 amide bonds. The Kier molecular flexibility index (Phi) is 5.39. The zero-order valence-electron chi connectivity index (χ0n) is 19.1. The van der Waals surface area contributed by atoms with Gasteiger partial charge in [-0.3, -0.25) is 24.1 Å². The largest absolute Gasteiger partial charge is 0.503 e. The van der Waals surface area contributed by atoms with Crippen LogP contribution in [0.5, 0.6) is 11.5 Å². The number of fused-ring (bicyclic) bond motifs is 3. The van der Waals surface area contributed by atoms with E-state index >= 15 is 0 Å². The maximum Gasteiger partial charge on any atom is 0.233 e. The normalized spacial score (nSPS) is 28.4.